The van der Waals surface area contributed by atoms with E-state index in [-0.39, 0.29) is 18.4 Å². The van der Waals surface area contributed by atoms with E-state index in [2.05, 4.69) is 4.90 Å². The van der Waals surface area contributed by atoms with Crippen molar-refractivity contribution in [3.05, 3.63) is 0 Å². The number of carbonyl (C=O) groups excluding carboxylic acids is 2. The van der Waals surface area contributed by atoms with Gasteiger partial charge in [0.2, 0.25) is 11.8 Å². The standard InChI is InChI=1S/C14H27N3O3/c1-4-10-20-12-14(19)17-7-5-6-16(8-9-17)11-13(18)15(2)3/h4-12H2,1-3H3. The quantitative estimate of drug-likeness (QED) is 0.646. The smallest absolute Gasteiger partial charge is 0.248 e. The predicted octanol–water partition coefficient (Wildman–Crippen LogP) is 0.0355. The van der Waals surface area contributed by atoms with Gasteiger partial charge in [-0.1, -0.05) is 6.92 Å². The molecule has 116 valence electrons. The molecule has 0 aromatic rings. The molecule has 0 radical (unpaired) electrons. The molecule has 6 nitrogen and oxygen atoms in total. The molecule has 0 N–H and O–H groups in total. The first-order valence-electron chi connectivity index (χ1n) is 7.32. The highest BCUT2D eigenvalue weighted by atomic mass is 16.5. The third-order valence-corrected chi connectivity index (χ3v) is 3.37. The number of ether oxygens (including phenoxy) is 1. The molecule has 0 aromatic heterocycles. The highest BCUT2D eigenvalue weighted by molar-refractivity contribution is 5.78. The minimum absolute atomic E-state index is 0.0548. The Bertz CT molecular complexity index is 321. The molecule has 0 aromatic carbocycles. The molecule has 20 heavy (non-hydrogen) atoms. The lowest BCUT2D eigenvalue weighted by Gasteiger charge is -2.22. The summed E-state index contributed by atoms with van der Waals surface area (Å²) in [5.41, 5.74) is 0. The Morgan fingerprint density at radius 2 is 1.90 bits per heavy atom. The fourth-order valence-corrected chi connectivity index (χ4v) is 2.11. The summed E-state index contributed by atoms with van der Waals surface area (Å²) in [5, 5.41) is 0. The highest BCUT2D eigenvalue weighted by Crippen LogP contribution is 2.04. The van der Waals surface area contributed by atoms with Crippen LogP contribution in [0.5, 0.6) is 0 Å². The number of amides is 2. The number of carbonyl (C=O) groups is 2. The SMILES string of the molecule is CCCOCC(=O)N1CCCN(CC(=O)N(C)C)CC1. The van der Waals surface area contributed by atoms with E-state index in [1.165, 1.54) is 0 Å². The van der Waals surface area contributed by atoms with Crippen LogP contribution in [0, 0.1) is 0 Å². The van der Waals surface area contributed by atoms with Crippen LogP contribution in [0.1, 0.15) is 19.8 Å². The van der Waals surface area contributed by atoms with Gasteiger partial charge in [0.05, 0.1) is 6.54 Å². The molecule has 1 heterocycles. The van der Waals surface area contributed by atoms with Gasteiger partial charge in [0.15, 0.2) is 0 Å². The molecule has 1 rings (SSSR count). The van der Waals surface area contributed by atoms with Gasteiger partial charge in [0, 0.05) is 46.9 Å². The van der Waals surface area contributed by atoms with Crippen LogP contribution in [-0.4, -0.2) is 86.5 Å². The Morgan fingerprint density at radius 3 is 2.55 bits per heavy atom. The number of rotatable bonds is 6. The van der Waals surface area contributed by atoms with Gasteiger partial charge in [-0.15, -0.1) is 0 Å². The average Bonchev–Trinajstić information content (AvgIpc) is 2.64. The van der Waals surface area contributed by atoms with Gasteiger partial charge in [0.25, 0.3) is 0 Å². The number of hydrogen-bond donors (Lipinski definition) is 0. The molecular weight excluding hydrogens is 258 g/mol. The Morgan fingerprint density at radius 1 is 1.15 bits per heavy atom. The number of hydrogen-bond acceptors (Lipinski definition) is 4. The van der Waals surface area contributed by atoms with Crippen LogP contribution in [0.15, 0.2) is 0 Å². The Kier molecular flexibility index (Phi) is 7.54. The Balaban J connectivity index is 2.35. The summed E-state index contributed by atoms with van der Waals surface area (Å²) in [5.74, 6) is 0.162. The summed E-state index contributed by atoms with van der Waals surface area (Å²) in [6, 6.07) is 0. The molecule has 1 saturated heterocycles. The minimum atomic E-state index is 0.0548. The molecule has 0 atom stereocenters. The zero-order valence-electron chi connectivity index (χ0n) is 12.9. The van der Waals surface area contributed by atoms with E-state index in [9.17, 15) is 9.59 Å². The lowest BCUT2D eigenvalue weighted by Crippen LogP contribution is -2.40. The number of nitrogens with zero attached hydrogens (tertiary/aromatic N) is 3. The normalized spacial score (nSPS) is 16.9. The first-order valence-corrected chi connectivity index (χ1v) is 7.32. The van der Waals surface area contributed by atoms with Crippen molar-refractivity contribution in [3.8, 4) is 0 Å². The van der Waals surface area contributed by atoms with Gasteiger partial charge in [-0.05, 0) is 12.8 Å². The maximum atomic E-state index is 12.0. The van der Waals surface area contributed by atoms with E-state index in [0.29, 0.717) is 19.7 Å². The summed E-state index contributed by atoms with van der Waals surface area (Å²) in [6.07, 6.45) is 1.83. The third-order valence-electron chi connectivity index (χ3n) is 3.37. The van der Waals surface area contributed by atoms with Crippen molar-refractivity contribution in [2.45, 2.75) is 19.8 Å². The average molecular weight is 285 g/mol. The van der Waals surface area contributed by atoms with Crippen LogP contribution < -0.4 is 0 Å². The van der Waals surface area contributed by atoms with Crippen molar-refractivity contribution in [1.29, 1.82) is 0 Å². The monoisotopic (exact) mass is 285 g/mol. The summed E-state index contributed by atoms with van der Waals surface area (Å²) >= 11 is 0. The van der Waals surface area contributed by atoms with Crippen molar-refractivity contribution < 1.29 is 14.3 Å². The van der Waals surface area contributed by atoms with Crippen molar-refractivity contribution in [2.24, 2.45) is 0 Å². The van der Waals surface area contributed by atoms with E-state index in [1.54, 1.807) is 19.0 Å². The first kappa shape index (κ1) is 16.9. The van der Waals surface area contributed by atoms with Crippen LogP contribution >= 0.6 is 0 Å². The molecule has 6 heteroatoms. The van der Waals surface area contributed by atoms with Crippen molar-refractivity contribution in [1.82, 2.24) is 14.7 Å². The molecule has 0 aliphatic carbocycles. The predicted molar refractivity (Wildman–Crippen MR) is 77.4 cm³/mol. The van der Waals surface area contributed by atoms with Gasteiger partial charge in [-0.25, -0.2) is 0 Å². The highest BCUT2D eigenvalue weighted by Gasteiger charge is 2.20. The van der Waals surface area contributed by atoms with Gasteiger partial charge in [-0.3, -0.25) is 14.5 Å². The molecule has 2 amide bonds. The topological polar surface area (TPSA) is 53.1 Å². The minimum Gasteiger partial charge on any atom is -0.372 e. The van der Waals surface area contributed by atoms with Gasteiger partial charge < -0.3 is 14.5 Å². The maximum Gasteiger partial charge on any atom is 0.248 e. The van der Waals surface area contributed by atoms with Crippen LogP contribution in [0.3, 0.4) is 0 Å². The Labute approximate surface area is 121 Å². The zero-order chi connectivity index (χ0) is 15.0. The molecule has 1 fully saturated rings. The van der Waals surface area contributed by atoms with Crippen molar-refractivity contribution in [3.63, 3.8) is 0 Å². The largest absolute Gasteiger partial charge is 0.372 e. The lowest BCUT2D eigenvalue weighted by atomic mass is 10.3. The van der Waals surface area contributed by atoms with Crippen LogP contribution in [0.4, 0.5) is 0 Å². The zero-order valence-corrected chi connectivity index (χ0v) is 12.9. The summed E-state index contributed by atoms with van der Waals surface area (Å²) in [4.78, 5) is 29.2. The second-order valence-electron chi connectivity index (χ2n) is 5.35. The van der Waals surface area contributed by atoms with Crippen molar-refractivity contribution in [2.75, 3.05) is 60.0 Å². The van der Waals surface area contributed by atoms with E-state index in [1.807, 2.05) is 11.8 Å². The molecule has 1 aliphatic heterocycles. The molecule has 1 aliphatic rings. The molecular formula is C14H27N3O3. The van der Waals surface area contributed by atoms with E-state index >= 15 is 0 Å². The van der Waals surface area contributed by atoms with Gasteiger partial charge >= 0.3 is 0 Å². The van der Waals surface area contributed by atoms with Crippen LogP contribution in [0.2, 0.25) is 0 Å². The second kappa shape index (κ2) is 8.92. The fraction of sp³-hybridized carbons (Fsp3) is 0.857. The van der Waals surface area contributed by atoms with E-state index in [0.717, 1.165) is 32.5 Å². The number of likely N-dealkylation sites (N-methyl/N-ethyl adjacent to an activating group) is 1. The summed E-state index contributed by atoms with van der Waals surface area (Å²) in [6.45, 7) is 6.29. The summed E-state index contributed by atoms with van der Waals surface area (Å²) < 4.78 is 5.30. The second-order valence-corrected chi connectivity index (χ2v) is 5.35. The Hall–Kier alpha value is -1.14. The lowest BCUT2D eigenvalue weighted by molar-refractivity contribution is -0.136. The van der Waals surface area contributed by atoms with E-state index < -0.39 is 0 Å². The molecule has 0 spiro atoms. The maximum absolute atomic E-state index is 12.0. The van der Waals surface area contributed by atoms with Crippen molar-refractivity contribution >= 4 is 11.8 Å². The van der Waals surface area contributed by atoms with E-state index in [4.69, 9.17) is 4.74 Å². The fourth-order valence-electron chi connectivity index (χ4n) is 2.11. The van der Waals surface area contributed by atoms with Crippen LogP contribution in [0.25, 0.3) is 0 Å². The molecule has 0 bridgehead atoms. The third kappa shape index (κ3) is 5.88. The van der Waals surface area contributed by atoms with Gasteiger partial charge in [0.1, 0.15) is 6.61 Å². The molecule has 0 saturated carbocycles. The van der Waals surface area contributed by atoms with Crippen LogP contribution in [-0.2, 0) is 14.3 Å². The summed E-state index contributed by atoms with van der Waals surface area (Å²) in [7, 11) is 3.53. The first-order chi connectivity index (χ1) is 9.54. The molecule has 0 unspecified atom stereocenters. The van der Waals surface area contributed by atoms with Gasteiger partial charge in [-0.2, -0.15) is 0 Å².